The van der Waals surface area contributed by atoms with Crippen LogP contribution in [0.25, 0.3) is 27.7 Å². The van der Waals surface area contributed by atoms with Gasteiger partial charge in [-0.25, -0.2) is 18.9 Å². The van der Waals surface area contributed by atoms with Gasteiger partial charge in [-0.3, -0.25) is 19.1 Å². The summed E-state index contributed by atoms with van der Waals surface area (Å²) in [4.78, 5) is 49.1. The van der Waals surface area contributed by atoms with Crippen molar-refractivity contribution in [3.63, 3.8) is 0 Å². The Morgan fingerprint density at radius 2 is 1.93 bits per heavy atom. The van der Waals surface area contributed by atoms with Crippen molar-refractivity contribution in [2.45, 2.75) is 50.9 Å². The molecular weight excluding hydrogens is 619 g/mol. The molecule has 2 amide bonds. The molecule has 1 N–H and O–H groups in total. The van der Waals surface area contributed by atoms with E-state index in [1.807, 2.05) is 24.4 Å². The fraction of sp³-hybridized carbons (Fsp3) is 0.300. The molecule has 2 aliphatic rings. The van der Waals surface area contributed by atoms with Gasteiger partial charge in [-0.05, 0) is 58.6 Å². The third-order valence-electron chi connectivity index (χ3n) is 7.87. The van der Waals surface area contributed by atoms with Crippen molar-refractivity contribution < 1.29 is 18.8 Å². The van der Waals surface area contributed by atoms with E-state index in [0.29, 0.717) is 27.2 Å². The summed E-state index contributed by atoms with van der Waals surface area (Å²) in [6, 6.07) is 11.6. The SMILES string of the molecule is CC(=O)c1nn(CC(=O)N2C[C@H](F)C[C@H]2C(=O)Nc2cccc(Br)n2)c2ccc(-c3cnc4cc(C5CC5)nn4c3)cc12. The van der Waals surface area contributed by atoms with Crippen LogP contribution in [0.3, 0.4) is 0 Å². The molecule has 0 spiro atoms. The molecule has 7 rings (SSSR count). The largest absolute Gasteiger partial charge is 0.326 e. The number of likely N-dealkylation sites (tertiary alicyclic amines) is 1. The number of carbonyl (C=O) groups excluding carboxylic acids is 3. The molecule has 0 unspecified atom stereocenters. The van der Waals surface area contributed by atoms with E-state index in [9.17, 15) is 18.8 Å². The third-order valence-corrected chi connectivity index (χ3v) is 8.31. The first-order valence-corrected chi connectivity index (χ1v) is 14.8. The highest BCUT2D eigenvalue weighted by Crippen LogP contribution is 2.39. The molecule has 5 aromatic rings. The van der Waals surface area contributed by atoms with Gasteiger partial charge in [-0.2, -0.15) is 10.2 Å². The van der Waals surface area contributed by atoms with E-state index in [1.165, 1.54) is 16.5 Å². The maximum Gasteiger partial charge on any atom is 0.248 e. The molecule has 1 aliphatic carbocycles. The van der Waals surface area contributed by atoms with Gasteiger partial charge in [0.25, 0.3) is 0 Å². The van der Waals surface area contributed by atoms with Gasteiger partial charge in [0.2, 0.25) is 11.8 Å². The molecule has 13 heteroatoms. The molecule has 0 radical (unpaired) electrons. The first-order valence-electron chi connectivity index (χ1n) is 14.0. The van der Waals surface area contributed by atoms with Crippen LogP contribution in [-0.2, 0) is 16.1 Å². The molecule has 0 bridgehead atoms. The minimum Gasteiger partial charge on any atom is -0.326 e. The van der Waals surface area contributed by atoms with Crippen LogP contribution in [0.2, 0.25) is 0 Å². The predicted molar refractivity (Wildman–Crippen MR) is 159 cm³/mol. The van der Waals surface area contributed by atoms with Crippen LogP contribution < -0.4 is 5.32 Å². The quantitative estimate of drug-likeness (QED) is 0.203. The lowest BCUT2D eigenvalue weighted by molar-refractivity contribution is -0.137. The second-order valence-electron chi connectivity index (χ2n) is 11.0. The second-order valence-corrected chi connectivity index (χ2v) is 11.8. The molecule has 11 nitrogen and oxygen atoms in total. The molecule has 218 valence electrons. The third kappa shape index (κ3) is 5.29. The number of halogens is 2. The Morgan fingerprint density at radius 3 is 2.70 bits per heavy atom. The van der Waals surface area contributed by atoms with Gasteiger partial charge in [0.15, 0.2) is 11.4 Å². The van der Waals surface area contributed by atoms with Crippen molar-refractivity contribution in [3.8, 4) is 11.1 Å². The number of carbonyl (C=O) groups is 3. The number of pyridine rings is 1. The number of amides is 2. The Hall–Kier alpha value is -4.52. The fourth-order valence-corrected chi connectivity index (χ4v) is 5.92. The fourth-order valence-electron chi connectivity index (χ4n) is 5.58. The van der Waals surface area contributed by atoms with Gasteiger partial charge < -0.3 is 10.2 Å². The van der Waals surface area contributed by atoms with E-state index in [4.69, 9.17) is 0 Å². The van der Waals surface area contributed by atoms with Crippen LogP contribution >= 0.6 is 15.9 Å². The minimum absolute atomic E-state index is 0.121. The van der Waals surface area contributed by atoms with E-state index in [2.05, 4.69) is 41.4 Å². The molecule has 1 aliphatic heterocycles. The standard InChI is InChI=1S/C30H26BrFN8O3/c1-16(41)29-21-9-18(19-12-33-27-11-22(17-5-6-17)36-40(27)13-19)7-8-23(21)39(37-29)15-28(42)38-14-20(32)10-24(38)30(43)35-26-4-2-3-25(31)34-26/h2-4,7-9,11-13,17,20,24H,5-6,10,14-15H2,1H3,(H,34,35,43)/t20-,24+/m1/s1. The van der Waals surface area contributed by atoms with Gasteiger partial charge in [0, 0.05) is 48.7 Å². The highest BCUT2D eigenvalue weighted by atomic mass is 79.9. The number of ketones is 1. The average Bonchev–Trinajstić information content (AvgIpc) is 3.46. The van der Waals surface area contributed by atoms with Crippen LogP contribution in [0.5, 0.6) is 0 Å². The van der Waals surface area contributed by atoms with E-state index in [0.717, 1.165) is 35.3 Å². The first-order chi connectivity index (χ1) is 20.7. The maximum absolute atomic E-state index is 14.5. The van der Waals surface area contributed by atoms with E-state index >= 15 is 0 Å². The van der Waals surface area contributed by atoms with Crippen LogP contribution in [0, 0.1) is 0 Å². The summed E-state index contributed by atoms with van der Waals surface area (Å²) >= 11 is 3.26. The van der Waals surface area contributed by atoms with Crippen molar-refractivity contribution in [2.24, 2.45) is 0 Å². The van der Waals surface area contributed by atoms with E-state index in [-0.39, 0.29) is 31.0 Å². The molecular formula is C30H26BrFN8O3. The first kappa shape index (κ1) is 27.3. The number of hydrogen-bond donors (Lipinski definition) is 1. The van der Waals surface area contributed by atoms with E-state index in [1.54, 1.807) is 35.0 Å². The molecule has 43 heavy (non-hydrogen) atoms. The Bertz CT molecular complexity index is 1930. The van der Waals surface area contributed by atoms with Crippen molar-refractivity contribution in [1.29, 1.82) is 0 Å². The number of nitrogens with zero attached hydrogens (tertiary/aromatic N) is 7. The van der Waals surface area contributed by atoms with Gasteiger partial charge in [0.1, 0.15) is 34.9 Å². The lowest BCUT2D eigenvalue weighted by Gasteiger charge is -2.23. The topological polar surface area (TPSA) is 127 Å². The Kier molecular flexibility index (Phi) is 6.76. The zero-order valence-corrected chi connectivity index (χ0v) is 24.7. The number of nitrogens with one attached hydrogen (secondary N) is 1. The zero-order valence-electron chi connectivity index (χ0n) is 23.1. The molecule has 5 heterocycles. The molecule has 2 fully saturated rings. The number of hydrogen-bond acceptors (Lipinski definition) is 7. The number of Topliss-reactive ketones (excluding diaryl/α,β-unsaturated/α-hetero) is 1. The Labute approximate surface area is 253 Å². The van der Waals surface area contributed by atoms with Crippen LogP contribution in [0.4, 0.5) is 10.2 Å². The summed E-state index contributed by atoms with van der Waals surface area (Å²) < 4.78 is 18.3. The lowest BCUT2D eigenvalue weighted by Crippen LogP contribution is -2.44. The normalized spacial score (nSPS) is 18.4. The number of fused-ring (bicyclic) bond motifs is 2. The van der Waals surface area contributed by atoms with Crippen molar-refractivity contribution >= 4 is 55.9 Å². The van der Waals surface area contributed by atoms with Crippen molar-refractivity contribution in [2.75, 3.05) is 11.9 Å². The predicted octanol–water partition coefficient (Wildman–Crippen LogP) is 4.56. The number of rotatable bonds is 7. The van der Waals surface area contributed by atoms with Crippen LogP contribution in [-0.4, -0.2) is 70.6 Å². The summed E-state index contributed by atoms with van der Waals surface area (Å²) in [5, 5.41) is 12.4. The second kappa shape index (κ2) is 10.6. The average molecular weight is 645 g/mol. The number of benzene rings is 1. The number of anilines is 1. The molecule has 2 atom stereocenters. The summed E-state index contributed by atoms with van der Waals surface area (Å²) in [7, 11) is 0. The molecule has 1 aromatic carbocycles. The van der Waals surface area contributed by atoms with Crippen LogP contribution in [0.15, 0.2) is 59.5 Å². The van der Waals surface area contributed by atoms with Crippen molar-refractivity contribution in [1.82, 2.24) is 34.3 Å². The molecule has 1 saturated carbocycles. The van der Waals surface area contributed by atoms with Gasteiger partial charge >= 0.3 is 0 Å². The Morgan fingerprint density at radius 1 is 1.09 bits per heavy atom. The summed E-state index contributed by atoms with van der Waals surface area (Å²) in [5.41, 5.74) is 4.25. The smallest absolute Gasteiger partial charge is 0.248 e. The minimum atomic E-state index is -1.35. The zero-order chi connectivity index (χ0) is 29.8. The number of alkyl halides is 1. The van der Waals surface area contributed by atoms with Gasteiger partial charge in [0.05, 0.1) is 17.8 Å². The maximum atomic E-state index is 14.5. The monoisotopic (exact) mass is 644 g/mol. The summed E-state index contributed by atoms with van der Waals surface area (Å²) in [6.07, 6.45) is 4.51. The van der Waals surface area contributed by atoms with Crippen LogP contribution in [0.1, 0.15) is 48.3 Å². The highest BCUT2D eigenvalue weighted by Gasteiger charge is 2.40. The summed E-state index contributed by atoms with van der Waals surface area (Å²) in [5.74, 6) is -0.458. The molecule has 4 aromatic heterocycles. The summed E-state index contributed by atoms with van der Waals surface area (Å²) in [6.45, 7) is 0.943. The van der Waals surface area contributed by atoms with Gasteiger partial charge in [-0.1, -0.05) is 12.1 Å². The Balaban J connectivity index is 1.15. The van der Waals surface area contributed by atoms with Crippen molar-refractivity contribution in [3.05, 3.63) is 70.8 Å². The van der Waals surface area contributed by atoms with E-state index < -0.39 is 24.0 Å². The molecule has 1 saturated heterocycles. The number of aromatic nitrogens is 6. The van der Waals surface area contributed by atoms with Gasteiger partial charge in [-0.15, -0.1) is 0 Å². The highest BCUT2D eigenvalue weighted by molar-refractivity contribution is 9.10. The lowest BCUT2D eigenvalue weighted by atomic mass is 10.0.